The lowest BCUT2D eigenvalue weighted by Crippen LogP contribution is -2.44. The number of unbranched alkanes of at least 4 members (excludes halogenated alkanes) is 1. The van der Waals surface area contributed by atoms with E-state index in [1.165, 1.54) is 0 Å². The van der Waals surface area contributed by atoms with Crippen LogP contribution in [-0.4, -0.2) is 18.0 Å². The topological polar surface area (TPSA) is 81.4 Å². The predicted octanol–water partition coefficient (Wildman–Crippen LogP) is 2.38. The first-order valence-electron chi connectivity index (χ1n) is 6.40. The third-order valence-electron chi connectivity index (χ3n) is 2.69. The van der Waals surface area contributed by atoms with Crippen molar-refractivity contribution in [2.45, 2.75) is 38.8 Å². The third-order valence-corrected chi connectivity index (χ3v) is 2.69. The molecule has 0 aromatic heterocycles. The van der Waals surface area contributed by atoms with Crippen molar-refractivity contribution in [3.05, 3.63) is 35.9 Å². The fraction of sp³-hybridized carbons (Fsp3) is 0.429. The van der Waals surface area contributed by atoms with Gasteiger partial charge in [-0.15, -0.1) is 12.4 Å². The molecule has 1 unspecified atom stereocenters. The van der Waals surface area contributed by atoms with E-state index in [4.69, 9.17) is 10.5 Å². The minimum atomic E-state index is -0.664. The lowest BCUT2D eigenvalue weighted by Gasteiger charge is -2.15. The number of primary amides is 1. The number of ether oxygens (including phenoxy) is 1. The molecule has 112 valence electrons. The Bertz CT molecular complexity index is 412. The SMILES string of the molecule is CCCCC(NC(=O)OCc1ccccc1)C(N)=O.Cl. The molecular formula is C14H21ClN2O3. The van der Waals surface area contributed by atoms with Gasteiger partial charge in [-0.25, -0.2) is 4.79 Å². The van der Waals surface area contributed by atoms with Crippen LogP contribution >= 0.6 is 12.4 Å². The van der Waals surface area contributed by atoms with Crippen LogP contribution in [0, 0.1) is 0 Å². The van der Waals surface area contributed by atoms with Crippen LogP contribution in [0.4, 0.5) is 4.79 Å². The van der Waals surface area contributed by atoms with E-state index in [1.807, 2.05) is 37.3 Å². The molecule has 20 heavy (non-hydrogen) atoms. The summed E-state index contributed by atoms with van der Waals surface area (Å²) < 4.78 is 5.03. The lowest BCUT2D eigenvalue weighted by molar-refractivity contribution is -0.120. The number of alkyl carbamates (subject to hydrolysis) is 1. The molecule has 1 aromatic carbocycles. The first-order chi connectivity index (χ1) is 9.13. The molecule has 0 saturated heterocycles. The summed E-state index contributed by atoms with van der Waals surface area (Å²) >= 11 is 0. The van der Waals surface area contributed by atoms with Gasteiger partial charge in [-0.1, -0.05) is 50.1 Å². The maximum atomic E-state index is 11.6. The molecule has 0 heterocycles. The minimum absolute atomic E-state index is 0. The molecule has 0 aliphatic heterocycles. The smallest absolute Gasteiger partial charge is 0.408 e. The van der Waals surface area contributed by atoms with Crippen molar-refractivity contribution in [1.29, 1.82) is 0 Å². The Labute approximate surface area is 125 Å². The third kappa shape index (κ3) is 6.99. The van der Waals surface area contributed by atoms with Gasteiger partial charge in [-0.05, 0) is 12.0 Å². The summed E-state index contributed by atoms with van der Waals surface area (Å²) in [7, 11) is 0. The summed E-state index contributed by atoms with van der Waals surface area (Å²) in [5, 5.41) is 2.49. The van der Waals surface area contributed by atoms with Crippen LogP contribution in [0.25, 0.3) is 0 Å². The van der Waals surface area contributed by atoms with E-state index >= 15 is 0 Å². The molecule has 1 atom stereocenters. The Morgan fingerprint density at radius 2 is 1.95 bits per heavy atom. The van der Waals surface area contributed by atoms with Crippen molar-refractivity contribution in [2.24, 2.45) is 5.73 Å². The van der Waals surface area contributed by atoms with Crippen LogP contribution in [0.5, 0.6) is 0 Å². The number of halogens is 1. The van der Waals surface area contributed by atoms with Crippen LogP contribution in [0.2, 0.25) is 0 Å². The molecule has 0 fully saturated rings. The maximum Gasteiger partial charge on any atom is 0.408 e. The summed E-state index contributed by atoms with van der Waals surface area (Å²) in [6.07, 6.45) is 1.67. The summed E-state index contributed by atoms with van der Waals surface area (Å²) in [4.78, 5) is 22.7. The minimum Gasteiger partial charge on any atom is -0.445 e. The van der Waals surface area contributed by atoms with Crippen molar-refractivity contribution in [1.82, 2.24) is 5.32 Å². The largest absolute Gasteiger partial charge is 0.445 e. The van der Waals surface area contributed by atoms with Crippen LogP contribution in [0.15, 0.2) is 30.3 Å². The van der Waals surface area contributed by atoms with Crippen LogP contribution in [-0.2, 0) is 16.1 Å². The Hall–Kier alpha value is -1.75. The highest BCUT2D eigenvalue weighted by atomic mass is 35.5. The van der Waals surface area contributed by atoms with E-state index in [1.54, 1.807) is 0 Å². The van der Waals surface area contributed by atoms with Crippen molar-refractivity contribution in [3.63, 3.8) is 0 Å². The molecule has 2 amide bonds. The highest BCUT2D eigenvalue weighted by Crippen LogP contribution is 2.03. The van der Waals surface area contributed by atoms with Gasteiger partial charge < -0.3 is 15.8 Å². The summed E-state index contributed by atoms with van der Waals surface area (Å²) in [6.45, 7) is 2.18. The molecule has 1 rings (SSSR count). The van der Waals surface area contributed by atoms with Crippen molar-refractivity contribution < 1.29 is 14.3 Å². The van der Waals surface area contributed by atoms with Crippen molar-refractivity contribution in [2.75, 3.05) is 0 Å². The molecule has 0 saturated carbocycles. The highest BCUT2D eigenvalue weighted by Gasteiger charge is 2.17. The van der Waals surface area contributed by atoms with Crippen LogP contribution in [0.3, 0.4) is 0 Å². The normalized spacial score (nSPS) is 11.1. The van der Waals surface area contributed by atoms with Gasteiger partial charge in [0, 0.05) is 0 Å². The Balaban J connectivity index is 0.00000361. The fourth-order valence-corrected chi connectivity index (χ4v) is 1.60. The first-order valence-corrected chi connectivity index (χ1v) is 6.40. The molecule has 1 aromatic rings. The van der Waals surface area contributed by atoms with E-state index < -0.39 is 18.0 Å². The molecule has 3 N–H and O–H groups in total. The molecule has 0 radical (unpaired) electrons. The Kier molecular flexibility index (Phi) is 9.20. The number of nitrogens with one attached hydrogen (secondary N) is 1. The zero-order valence-corrected chi connectivity index (χ0v) is 12.3. The summed E-state index contributed by atoms with van der Waals surface area (Å²) in [5.41, 5.74) is 6.11. The van der Waals surface area contributed by atoms with Gasteiger partial charge in [-0.3, -0.25) is 4.79 Å². The van der Waals surface area contributed by atoms with E-state index in [-0.39, 0.29) is 19.0 Å². The monoisotopic (exact) mass is 300 g/mol. The number of carbonyl (C=O) groups excluding carboxylic acids is 2. The van der Waals surface area contributed by atoms with E-state index in [2.05, 4.69) is 5.32 Å². The zero-order chi connectivity index (χ0) is 14.1. The maximum absolute atomic E-state index is 11.6. The molecular weight excluding hydrogens is 280 g/mol. The highest BCUT2D eigenvalue weighted by molar-refractivity contribution is 5.85. The lowest BCUT2D eigenvalue weighted by atomic mass is 10.1. The second-order valence-electron chi connectivity index (χ2n) is 4.30. The molecule has 0 bridgehead atoms. The van der Waals surface area contributed by atoms with E-state index in [9.17, 15) is 9.59 Å². The number of nitrogens with two attached hydrogens (primary N) is 1. The van der Waals surface area contributed by atoms with Gasteiger partial charge >= 0.3 is 6.09 Å². The van der Waals surface area contributed by atoms with Gasteiger partial charge in [0.1, 0.15) is 12.6 Å². The average Bonchev–Trinajstić information content (AvgIpc) is 2.42. The molecule has 0 aliphatic rings. The summed E-state index contributed by atoms with van der Waals surface area (Å²) in [5.74, 6) is -0.537. The Morgan fingerprint density at radius 3 is 2.50 bits per heavy atom. The van der Waals surface area contributed by atoms with Crippen molar-refractivity contribution >= 4 is 24.4 Å². The van der Waals surface area contributed by atoms with Crippen molar-refractivity contribution in [3.8, 4) is 0 Å². The number of hydrogen-bond donors (Lipinski definition) is 2. The number of carbonyl (C=O) groups is 2. The Morgan fingerprint density at radius 1 is 1.30 bits per heavy atom. The van der Waals surface area contributed by atoms with Crippen LogP contribution in [0.1, 0.15) is 31.7 Å². The van der Waals surface area contributed by atoms with Gasteiger partial charge in [0.15, 0.2) is 0 Å². The quantitative estimate of drug-likeness (QED) is 0.811. The summed E-state index contributed by atoms with van der Waals surface area (Å²) in [6, 6.07) is 8.67. The molecule has 0 aliphatic carbocycles. The molecule has 6 heteroatoms. The average molecular weight is 301 g/mol. The van der Waals surface area contributed by atoms with E-state index in [0.717, 1.165) is 18.4 Å². The number of hydrogen-bond acceptors (Lipinski definition) is 3. The predicted molar refractivity (Wildman–Crippen MR) is 79.5 cm³/mol. The molecule has 5 nitrogen and oxygen atoms in total. The standard InChI is InChI=1S/C14H20N2O3.ClH/c1-2-3-9-12(13(15)17)16-14(18)19-10-11-7-5-4-6-8-11;/h4-8,12H,2-3,9-10H2,1H3,(H2,15,17)(H,16,18);1H. The second kappa shape index (κ2) is 10.1. The zero-order valence-electron chi connectivity index (χ0n) is 11.5. The van der Waals surface area contributed by atoms with Gasteiger partial charge in [-0.2, -0.15) is 0 Å². The second-order valence-corrected chi connectivity index (χ2v) is 4.30. The van der Waals surface area contributed by atoms with Crippen LogP contribution < -0.4 is 11.1 Å². The van der Waals surface area contributed by atoms with Gasteiger partial charge in [0.2, 0.25) is 5.91 Å². The fourth-order valence-electron chi connectivity index (χ4n) is 1.60. The molecule has 0 spiro atoms. The van der Waals surface area contributed by atoms with Gasteiger partial charge in [0.25, 0.3) is 0 Å². The number of rotatable bonds is 7. The van der Waals surface area contributed by atoms with Gasteiger partial charge in [0.05, 0.1) is 0 Å². The first kappa shape index (κ1) is 18.2. The van der Waals surface area contributed by atoms with E-state index in [0.29, 0.717) is 6.42 Å². The number of benzene rings is 1. The number of amides is 2.